The number of hydrogen-bond donors (Lipinski definition) is 1. The van der Waals surface area contributed by atoms with E-state index in [9.17, 15) is 4.79 Å². The summed E-state index contributed by atoms with van der Waals surface area (Å²) in [5, 5.41) is 3.38. The summed E-state index contributed by atoms with van der Waals surface area (Å²) in [7, 11) is 1.57. The van der Waals surface area contributed by atoms with Gasteiger partial charge in [0, 0.05) is 16.7 Å². The molecule has 5 nitrogen and oxygen atoms in total. The van der Waals surface area contributed by atoms with Crippen LogP contribution in [0.25, 0.3) is 6.08 Å². The molecule has 0 fully saturated rings. The third kappa shape index (κ3) is 4.45. The Hall–Kier alpha value is -2.66. The van der Waals surface area contributed by atoms with Crippen LogP contribution in [-0.2, 0) is 4.79 Å². The van der Waals surface area contributed by atoms with Gasteiger partial charge in [0.15, 0.2) is 11.5 Å². The van der Waals surface area contributed by atoms with Crippen molar-refractivity contribution >= 4 is 23.6 Å². The number of hydrogen-bond acceptors (Lipinski definition) is 4. The quantitative estimate of drug-likeness (QED) is 0.832. The summed E-state index contributed by atoms with van der Waals surface area (Å²) in [6, 6.07) is 12.7. The Kier molecular flexibility index (Phi) is 5.46. The predicted octanol–water partition coefficient (Wildman–Crippen LogP) is 3.32. The molecule has 0 saturated heterocycles. The van der Waals surface area contributed by atoms with Gasteiger partial charge in [-0.2, -0.15) is 0 Å². The first-order valence-corrected chi connectivity index (χ1v) is 8.21. The summed E-state index contributed by atoms with van der Waals surface area (Å²) in [5.74, 6) is 1.82. The zero-order chi connectivity index (χ0) is 17.6. The van der Waals surface area contributed by atoms with Crippen molar-refractivity contribution in [3.8, 4) is 17.2 Å². The van der Waals surface area contributed by atoms with Crippen LogP contribution in [-0.4, -0.2) is 32.3 Å². The maximum Gasteiger partial charge on any atom is 0.244 e. The number of fused-ring (bicyclic) bond motifs is 1. The average Bonchev–Trinajstić information content (AvgIpc) is 2.64. The maximum atomic E-state index is 12.0. The zero-order valence-electron chi connectivity index (χ0n) is 13.7. The van der Waals surface area contributed by atoms with Gasteiger partial charge in [0.05, 0.1) is 13.7 Å². The number of carbonyl (C=O) groups is 1. The lowest BCUT2D eigenvalue weighted by Crippen LogP contribution is -2.40. The molecular weight excluding hydrogens is 342 g/mol. The number of nitrogens with one attached hydrogen (secondary N) is 1. The second-order valence-corrected chi connectivity index (χ2v) is 5.90. The number of benzene rings is 2. The SMILES string of the molecule is COc1ccc(Cl)cc1/C=C/C(=O)NCC1COc2ccccc2O1. The van der Waals surface area contributed by atoms with E-state index in [0.717, 1.165) is 11.3 Å². The molecule has 1 heterocycles. The Bertz CT molecular complexity index is 791. The van der Waals surface area contributed by atoms with Gasteiger partial charge in [-0.05, 0) is 36.4 Å². The van der Waals surface area contributed by atoms with Gasteiger partial charge in [-0.3, -0.25) is 4.79 Å². The van der Waals surface area contributed by atoms with Crippen molar-refractivity contribution in [2.75, 3.05) is 20.3 Å². The molecule has 0 aromatic heterocycles. The van der Waals surface area contributed by atoms with Crippen molar-refractivity contribution in [2.24, 2.45) is 0 Å². The van der Waals surface area contributed by atoms with Gasteiger partial charge in [0.1, 0.15) is 18.5 Å². The van der Waals surface area contributed by atoms with E-state index < -0.39 is 0 Å². The minimum atomic E-state index is -0.232. The second-order valence-electron chi connectivity index (χ2n) is 5.46. The number of halogens is 1. The van der Waals surface area contributed by atoms with Crippen molar-refractivity contribution in [3.63, 3.8) is 0 Å². The molecule has 6 heteroatoms. The minimum Gasteiger partial charge on any atom is -0.496 e. The van der Waals surface area contributed by atoms with E-state index in [0.29, 0.717) is 29.7 Å². The number of ether oxygens (including phenoxy) is 3. The number of rotatable bonds is 5. The molecule has 0 radical (unpaired) electrons. The topological polar surface area (TPSA) is 56.8 Å². The monoisotopic (exact) mass is 359 g/mol. The van der Waals surface area contributed by atoms with E-state index in [1.807, 2.05) is 24.3 Å². The van der Waals surface area contributed by atoms with Crippen molar-refractivity contribution in [2.45, 2.75) is 6.10 Å². The Labute approximate surface area is 151 Å². The van der Waals surface area contributed by atoms with E-state index in [2.05, 4.69) is 5.32 Å². The summed E-state index contributed by atoms with van der Waals surface area (Å²) < 4.78 is 16.7. The third-order valence-electron chi connectivity index (χ3n) is 3.68. The molecule has 25 heavy (non-hydrogen) atoms. The van der Waals surface area contributed by atoms with Crippen LogP contribution in [0.3, 0.4) is 0 Å². The first-order chi connectivity index (χ1) is 12.2. The first kappa shape index (κ1) is 17.2. The van der Waals surface area contributed by atoms with Crippen LogP contribution in [0.4, 0.5) is 0 Å². The van der Waals surface area contributed by atoms with Crippen LogP contribution in [0.15, 0.2) is 48.5 Å². The molecule has 130 valence electrons. The van der Waals surface area contributed by atoms with Crippen LogP contribution >= 0.6 is 11.6 Å². The van der Waals surface area contributed by atoms with Gasteiger partial charge in [0.2, 0.25) is 5.91 Å². The maximum absolute atomic E-state index is 12.0. The molecule has 1 aliphatic rings. The first-order valence-electron chi connectivity index (χ1n) is 7.83. The summed E-state index contributed by atoms with van der Waals surface area (Å²) >= 11 is 5.97. The van der Waals surface area contributed by atoms with Crippen LogP contribution in [0.5, 0.6) is 17.2 Å². The molecule has 0 saturated carbocycles. The fourth-order valence-corrected chi connectivity index (χ4v) is 2.62. The van der Waals surface area contributed by atoms with E-state index in [-0.39, 0.29) is 12.0 Å². The zero-order valence-corrected chi connectivity index (χ0v) is 14.5. The Balaban J connectivity index is 1.54. The number of amides is 1. The molecule has 1 unspecified atom stereocenters. The van der Waals surface area contributed by atoms with Gasteiger partial charge in [-0.15, -0.1) is 0 Å². The Morgan fingerprint density at radius 1 is 1.32 bits per heavy atom. The smallest absolute Gasteiger partial charge is 0.244 e. The molecule has 2 aromatic rings. The molecule has 1 amide bonds. The van der Waals surface area contributed by atoms with Gasteiger partial charge < -0.3 is 19.5 Å². The molecule has 2 aromatic carbocycles. The summed E-state index contributed by atoms with van der Waals surface area (Å²) in [6.45, 7) is 0.743. The number of para-hydroxylation sites is 2. The molecule has 1 N–H and O–H groups in total. The second kappa shape index (κ2) is 7.94. The fraction of sp³-hybridized carbons (Fsp3) is 0.211. The van der Waals surface area contributed by atoms with Crippen LogP contribution in [0.1, 0.15) is 5.56 Å². The lowest BCUT2D eigenvalue weighted by Gasteiger charge is -2.26. The summed E-state index contributed by atoms with van der Waals surface area (Å²) in [6.07, 6.45) is 2.87. The summed E-state index contributed by atoms with van der Waals surface area (Å²) in [4.78, 5) is 12.0. The highest BCUT2D eigenvalue weighted by atomic mass is 35.5. The lowest BCUT2D eigenvalue weighted by molar-refractivity contribution is -0.116. The highest BCUT2D eigenvalue weighted by molar-refractivity contribution is 6.30. The van der Waals surface area contributed by atoms with E-state index in [1.54, 1.807) is 31.4 Å². The molecule has 1 aliphatic heterocycles. The van der Waals surface area contributed by atoms with E-state index in [1.165, 1.54) is 6.08 Å². The Morgan fingerprint density at radius 3 is 2.92 bits per heavy atom. The van der Waals surface area contributed by atoms with E-state index >= 15 is 0 Å². The highest BCUT2D eigenvalue weighted by Gasteiger charge is 2.20. The van der Waals surface area contributed by atoms with Crippen molar-refractivity contribution in [1.82, 2.24) is 5.32 Å². The van der Waals surface area contributed by atoms with Crippen LogP contribution < -0.4 is 19.5 Å². The number of carbonyl (C=O) groups excluding carboxylic acids is 1. The minimum absolute atomic E-state index is 0.229. The van der Waals surface area contributed by atoms with Gasteiger partial charge in [-0.1, -0.05) is 23.7 Å². The average molecular weight is 360 g/mol. The van der Waals surface area contributed by atoms with Crippen molar-refractivity contribution < 1.29 is 19.0 Å². The van der Waals surface area contributed by atoms with Gasteiger partial charge >= 0.3 is 0 Å². The number of methoxy groups -OCH3 is 1. The van der Waals surface area contributed by atoms with E-state index in [4.69, 9.17) is 25.8 Å². The fourth-order valence-electron chi connectivity index (χ4n) is 2.44. The van der Waals surface area contributed by atoms with Crippen molar-refractivity contribution in [1.29, 1.82) is 0 Å². The van der Waals surface area contributed by atoms with Crippen LogP contribution in [0.2, 0.25) is 5.02 Å². The molecule has 0 bridgehead atoms. The Morgan fingerprint density at radius 2 is 2.12 bits per heavy atom. The van der Waals surface area contributed by atoms with Crippen LogP contribution in [0, 0.1) is 0 Å². The predicted molar refractivity (Wildman–Crippen MR) is 96.4 cm³/mol. The molecule has 1 atom stereocenters. The van der Waals surface area contributed by atoms with Crippen molar-refractivity contribution in [3.05, 3.63) is 59.1 Å². The standard InChI is InChI=1S/C19H18ClNO4/c1-23-16-8-7-14(20)10-13(16)6-9-19(22)21-11-15-12-24-17-4-2-3-5-18(17)25-15/h2-10,15H,11-12H2,1H3,(H,21,22)/b9-6+. The van der Waals surface area contributed by atoms with Gasteiger partial charge in [-0.25, -0.2) is 0 Å². The third-order valence-corrected chi connectivity index (χ3v) is 3.91. The summed E-state index contributed by atoms with van der Waals surface area (Å²) in [5.41, 5.74) is 0.733. The molecule has 0 aliphatic carbocycles. The van der Waals surface area contributed by atoms with Gasteiger partial charge in [0.25, 0.3) is 0 Å². The lowest BCUT2D eigenvalue weighted by atomic mass is 10.2. The largest absolute Gasteiger partial charge is 0.496 e. The normalized spacial score (nSPS) is 15.8. The molecular formula is C19H18ClNO4. The molecule has 3 rings (SSSR count). The molecule has 0 spiro atoms. The highest BCUT2D eigenvalue weighted by Crippen LogP contribution is 2.30.